The molecular weight excluding hydrogens is 390 g/mol. The minimum absolute atomic E-state index is 0.0515. The molecule has 1 aromatic heterocycles. The van der Waals surface area contributed by atoms with Crippen LogP contribution in [0.2, 0.25) is 0 Å². The first-order chi connectivity index (χ1) is 14.6. The van der Waals surface area contributed by atoms with Crippen LogP contribution >= 0.6 is 0 Å². The average Bonchev–Trinajstić information content (AvgIpc) is 3.15. The fourth-order valence-corrected chi connectivity index (χ4v) is 3.62. The summed E-state index contributed by atoms with van der Waals surface area (Å²) in [6.07, 6.45) is 0.0515. The van der Waals surface area contributed by atoms with Gasteiger partial charge in [-0.2, -0.15) is 0 Å². The van der Waals surface area contributed by atoms with Crippen molar-refractivity contribution in [3.05, 3.63) is 59.0 Å². The number of ether oxygens (including phenoxy) is 3. The molecule has 0 saturated carbocycles. The van der Waals surface area contributed by atoms with E-state index in [1.54, 1.807) is 41.3 Å². The molecule has 0 aliphatic carbocycles. The van der Waals surface area contributed by atoms with Crippen molar-refractivity contribution >= 4 is 28.5 Å². The largest absolute Gasteiger partial charge is 0.486 e. The van der Waals surface area contributed by atoms with Gasteiger partial charge in [0.05, 0.1) is 5.92 Å². The topological polar surface area (TPSA) is 95.3 Å². The highest BCUT2D eigenvalue weighted by Gasteiger charge is 2.37. The predicted octanol–water partition coefficient (Wildman–Crippen LogP) is 2.52. The lowest BCUT2D eigenvalue weighted by Gasteiger charge is -2.22. The van der Waals surface area contributed by atoms with Crippen molar-refractivity contribution in [1.29, 1.82) is 0 Å². The molecule has 1 atom stereocenters. The molecule has 8 nitrogen and oxygen atoms in total. The van der Waals surface area contributed by atoms with E-state index in [1.165, 1.54) is 12.1 Å². The number of hydrogen-bond donors (Lipinski definition) is 0. The maximum atomic E-state index is 12.6. The predicted molar refractivity (Wildman–Crippen MR) is 106 cm³/mol. The fourth-order valence-electron chi connectivity index (χ4n) is 3.62. The van der Waals surface area contributed by atoms with Gasteiger partial charge in [-0.15, -0.1) is 0 Å². The van der Waals surface area contributed by atoms with Crippen LogP contribution < -0.4 is 24.7 Å². The number of nitrogens with zero attached hydrogens (tertiary/aromatic N) is 1. The molecule has 0 spiro atoms. The Balaban J connectivity index is 1.31. The second-order valence-corrected chi connectivity index (χ2v) is 7.11. The standard InChI is InChI=1S/C22H17NO7/c24-20-9-14(12-23(20)15-3-5-17-19(10-15)28-8-7-27-17)22(26)29-16-4-1-13-2-6-21(25)30-18(13)11-16/h1-6,10-11,14H,7-9,12H2/t14-/m0/s1. The van der Waals surface area contributed by atoms with Crippen molar-refractivity contribution in [2.75, 3.05) is 24.7 Å². The van der Waals surface area contributed by atoms with Gasteiger partial charge in [-0.1, -0.05) is 0 Å². The Kier molecular flexibility index (Phi) is 4.39. The number of amides is 1. The third-order valence-electron chi connectivity index (χ3n) is 5.11. The Morgan fingerprint density at radius 3 is 2.63 bits per heavy atom. The van der Waals surface area contributed by atoms with Gasteiger partial charge in [0.25, 0.3) is 0 Å². The second kappa shape index (κ2) is 7.22. The van der Waals surface area contributed by atoms with Gasteiger partial charge in [0.15, 0.2) is 11.5 Å². The lowest BCUT2D eigenvalue weighted by Crippen LogP contribution is -2.27. The fraction of sp³-hybridized carbons (Fsp3) is 0.227. The highest BCUT2D eigenvalue weighted by atomic mass is 16.6. The second-order valence-electron chi connectivity index (χ2n) is 7.11. The lowest BCUT2D eigenvalue weighted by atomic mass is 10.1. The third-order valence-corrected chi connectivity index (χ3v) is 5.11. The average molecular weight is 407 g/mol. The van der Waals surface area contributed by atoms with Gasteiger partial charge >= 0.3 is 11.6 Å². The Labute approximate surface area is 170 Å². The molecule has 0 radical (unpaired) electrons. The van der Waals surface area contributed by atoms with Gasteiger partial charge in [0.1, 0.15) is 24.5 Å². The molecule has 0 bridgehead atoms. The van der Waals surface area contributed by atoms with Gasteiger partial charge in [-0.25, -0.2) is 4.79 Å². The molecule has 3 heterocycles. The molecule has 1 fully saturated rings. The summed E-state index contributed by atoms with van der Waals surface area (Å²) in [4.78, 5) is 38.1. The van der Waals surface area contributed by atoms with Crippen LogP contribution in [0.15, 0.2) is 57.7 Å². The molecular formula is C22H17NO7. The number of carbonyl (C=O) groups excluding carboxylic acids is 2. The van der Waals surface area contributed by atoms with Crippen molar-refractivity contribution in [3.63, 3.8) is 0 Å². The summed E-state index contributed by atoms with van der Waals surface area (Å²) < 4.78 is 21.6. The Morgan fingerprint density at radius 1 is 0.967 bits per heavy atom. The zero-order chi connectivity index (χ0) is 20.7. The summed E-state index contributed by atoms with van der Waals surface area (Å²) in [5.74, 6) is 0.182. The van der Waals surface area contributed by atoms with Crippen LogP contribution in [0, 0.1) is 5.92 Å². The van der Waals surface area contributed by atoms with Crippen LogP contribution in [-0.2, 0) is 9.59 Å². The summed E-state index contributed by atoms with van der Waals surface area (Å²) in [7, 11) is 0. The van der Waals surface area contributed by atoms with Crippen molar-refractivity contribution in [1.82, 2.24) is 0 Å². The van der Waals surface area contributed by atoms with E-state index in [1.807, 2.05) is 0 Å². The lowest BCUT2D eigenvalue weighted by molar-refractivity contribution is -0.139. The van der Waals surface area contributed by atoms with Crippen molar-refractivity contribution < 1.29 is 28.2 Å². The Hall–Kier alpha value is -3.81. The van der Waals surface area contributed by atoms with Crippen LogP contribution in [0.3, 0.4) is 0 Å². The molecule has 3 aromatic rings. The van der Waals surface area contributed by atoms with E-state index in [2.05, 4.69) is 0 Å². The van der Waals surface area contributed by atoms with Gasteiger partial charge < -0.3 is 23.5 Å². The van der Waals surface area contributed by atoms with Crippen LogP contribution in [0.4, 0.5) is 5.69 Å². The molecule has 1 saturated heterocycles. The molecule has 0 unspecified atom stereocenters. The minimum atomic E-state index is -0.607. The molecule has 5 rings (SSSR count). The number of esters is 1. The summed E-state index contributed by atoms with van der Waals surface area (Å²) in [6.45, 7) is 1.15. The summed E-state index contributed by atoms with van der Waals surface area (Å²) in [5.41, 5.74) is 0.489. The zero-order valence-corrected chi connectivity index (χ0v) is 15.8. The van der Waals surface area contributed by atoms with Gasteiger partial charge in [-0.3, -0.25) is 9.59 Å². The normalized spacial score (nSPS) is 17.9. The quantitative estimate of drug-likeness (QED) is 0.374. The number of carbonyl (C=O) groups is 2. The van der Waals surface area contributed by atoms with Crippen LogP contribution in [0.1, 0.15) is 6.42 Å². The monoisotopic (exact) mass is 407 g/mol. The molecule has 152 valence electrons. The van der Waals surface area contributed by atoms with E-state index in [4.69, 9.17) is 18.6 Å². The van der Waals surface area contributed by atoms with E-state index >= 15 is 0 Å². The first kappa shape index (κ1) is 18.2. The molecule has 0 N–H and O–H groups in total. The van der Waals surface area contributed by atoms with Gasteiger partial charge in [0.2, 0.25) is 5.91 Å². The zero-order valence-electron chi connectivity index (χ0n) is 15.8. The van der Waals surface area contributed by atoms with E-state index < -0.39 is 17.5 Å². The SMILES string of the molecule is O=C(Oc1ccc2ccc(=O)oc2c1)[C@H]1CC(=O)N(c2ccc3c(c2)OCCO3)C1. The smallest absolute Gasteiger partial charge is 0.336 e. The van der Waals surface area contributed by atoms with E-state index in [-0.39, 0.29) is 24.6 Å². The molecule has 1 amide bonds. The number of benzene rings is 2. The highest BCUT2D eigenvalue weighted by molar-refractivity contribution is 6.00. The van der Waals surface area contributed by atoms with Crippen LogP contribution in [-0.4, -0.2) is 31.6 Å². The van der Waals surface area contributed by atoms with Crippen molar-refractivity contribution in [3.8, 4) is 17.2 Å². The maximum absolute atomic E-state index is 12.6. The summed E-state index contributed by atoms with van der Waals surface area (Å²) in [5, 5.41) is 0.718. The first-order valence-electron chi connectivity index (χ1n) is 9.52. The number of fused-ring (bicyclic) bond motifs is 2. The van der Waals surface area contributed by atoms with Gasteiger partial charge in [-0.05, 0) is 30.3 Å². The minimum Gasteiger partial charge on any atom is -0.486 e. The number of anilines is 1. The Morgan fingerprint density at radius 2 is 1.77 bits per heavy atom. The third kappa shape index (κ3) is 3.36. The van der Waals surface area contributed by atoms with E-state index in [0.717, 1.165) is 5.39 Å². The van der Waals surface area contributed by atoms with E-state index in [0.29, 0.717) is 36.0 Å². The molecule has 2 aliphatic rings. The van der Waals surface area contributed by atoms with E-state index in [9.17, 15) is 14.4 Å². The molecule has 30 heavy (non-hydrogen) atoms. The molecule has 2 aromatic carbocycles. The maximum Gasteiger partial charge on any atom is 0.336 e. The number of hydrogen-bond acceptors (Lipinski definition) is 7. The highest BCUT2D eigenvalue weighted by Crippen LogP contribution is 2.36. The molecule has 8 heteroatoms. The van der Waals surface area contributed by atoms with Crippen molar-refractivity contribution in [2.45, 2.75) is 6.42 Å². The summed E-state index contributed by atoms with van der Waals surface area (Å²) in [6, 6.07) is 13.0. The molecule has 2 aliphatic heterocycles. The Bertz CT molecular complexity index is 1220. The number of rotatable bonds is 3. The van der Waals surface area contributed by atoms with Gasteiger partial charge in [0, 0.05) is 42.2 Å². The summed E-state index contributed by atoms with van der Waals surface area (Å²) >= 11 is 0. The first-order valence-corrected chi connectivity index (χ1v) is 9.52. The van der Waals surface area contributed by atoms with Crippen LogP contribution in [0.25, 0.3) is 11.0 Å². The van der Waals surface area contributed by atoms with Crippen molar-refractivity contribution in [2.24, 2.45) is 5.92 Å². The van der Waals surface area contributed by atoms with Crippen LogP contribution in [0.5, 0.6) is 17.2 Å².